The summed E-state index contributed by atoms with van der Waals surface area (Å²) in [6.45, 7) is 5.22. The number of carboxylic acid groups (broad SMARTS) is 1. The van der Waals surface area contributed by atoms with Gasteiger partial charge in [-0.05, 0) is 18.4 Å². The largest absolute Gasteiger partial charge is 0.479 e. The van der Waals surface area contributed by atoms with Crippen LogP contribution in [-0.2, 0) is 9.59 Å². The van der Waals surface area contributed by atoms with Crippen LogP contribution in [0.1, 0.15) is 32.4 Å². The predicted octanol–water partition coefficient (Wildman–Crippen LogP) is 1.78. The van der Waals surface area contributed by atoms with Gasteiger partial charge in [-0.25, -0.2) is 14.5 Å². The van der Waals surface area contributed by atoms with Crippen molar-refractivity contribution in [1.82, 2.24) is 10.2 Å². The monoisotopic (exact) mass is 290 g/mol. The standard InChI is InChI=1S/C15H18N2O4/c1-9(2)15(3)13(20)17(14(21)16-15)11(12(18)19)10-7-5-4-6-8-10/h4-9,11H,1-3H3,(H,16,21)(H,18,19). The Morgan fingerprint density at radius 2 is 1.81 bits per heavy atom. The lowest BCUT2D eigenvalue weighted by Gasteiger charge is -2.27. The maximum absolute atomic E-state index is 12.6. The van der Waals surface area contributed by atoms with Gasteiger partial charge in [0.1, 0.15) is 5.54 Å². The molecule has 1 aliphatic heterocycles. The van der Waals surface area contributed by atoms with Crippen LogP contribution in [0.25, 0.3) is 0 Å². The van der Waals surface area contributed by atoms with Crippen molar-refractivity contribution >= 4 is 17.9 Å². The number of nitrogens with one attached hydrogen (secondary N) is 1. The Bertz CT molecular complexity index is 585. The van der Waals surface area contributed by atoms with Crippen LogP contribution in [0.2, 0.25) is 0 Å². The molecule has 112 valence electrons. The van der Waals surface area contributed by atoms with Gasteiger partial charge >= 0.3 is 12.0 Å². The molecule has 3 amide bonds. The molecule has 1 saturated heterocycles. The van der Waals surface area contributed by atoms with Gasteiger partial charge in [0.05, 0.1) is 0 Å². The number of imide groups is 1. The van der Waals surface area contributed by atoms with Crippen LogP contribution in [0.5, 0.6) is 0 Å². The van der Waals surface area contributed by atoms with Gasteiger partial charge in [0.15, 0.2) is 6.04 Å². The van der Waals surface area contributed by atoms with Crippen LogP contribution < -0.4 is 5.32 Å². The highest BCUT2D eigenvalue weighted by Gasteiger charge is 2.53. The molecule has 0 aromatic heterocycles. The molecule has 1 heterocycles. The number of urea groups is 1. The quantitative estimate of drug-likeness (QED) is 0.827. The molecule has 21 heavy (non-hydrogen) atoms. The maximum atomic E-state index is 12.6. The fourth-order valence-electron chi connectivity index (χ4n) is 2.34. The van der Waals surface area contributed by atoms with Crippen molar-refractivity contribution in [2.45, 2.75) is 32.4 Å². The molecule has 0 radical (unpaired) electrons. The minimum Gasteiger partial charge on any atom is -0.479 e. The first-order valence-electron chi connectivity index (χ1n) is 6.72. The van der Waals surface area contributed by atoms with Crippen molar-refractivity contribution in [3.63, 3.8) is 0 Å². The molecular weight excluding hydrogens is 272 g/mol. The molecule has 0 bridgehead atoms. The summed E-state index contributed by atoms with van der Waals surface area (Å²) in [5, 5.41) is 12.1. The second-order valence-corrected chi connectivity index (χ2v) is 5.61. The Morgan fingerprint density at radius 3 is 2.24 bits per heavy atom. The molecule has 0 saturated carbocycles. The first-order chi connectivity index (χ1) is 9.79. The Morgan fingerprint density at radius 1 is 1.24 bits per heavy atom. The summed E-state index contributed by atoms with van der Waals surface area (Å²) in [7, 11) is 0. The van der Waals surface area contributed by atoms with E-state index in [9.17, 15) is 19.5 Å². The van der Waals surface area contributed by atoms with Gasteiger partial charge in [-0.1, -0.05) is 44.2 Å². The Kier molecular flexibility index (Phi) is 3.72. The maximum Gasteiger partial charge on any atom is 0.331 e. The molecule has 6 heteroatoms. The summed E-state index contributed by atoms with van der Waals surface area (Å²) in [6.07, 6.45) is 0. The predicted molar refractivity (Wildman–Crippen MR) is 75.4 cm³/mol. The number of benzene rings is 1. The van der Waals surface area contributed by atoms with E-state index in [-0.39, 0.29) is 5.92 Å². The highest BCUT2D eigenvalue weighted by molar-refractivity contribution is 6.09. The average molecular weight is 290 g/mol. The lowest BCUT2D eigenvalue weighted by molar-refractivity contribution is -0.148. The zero-order valence-electron chi connectivity index (χ0n) is 12.2. The van der Waals surface area contributed by atoms with Crippen LogP contribution >= 0.6 is 0 Å². The van der Waals surface area contributed by atoms with Crippen LogP contribution in [0.4, 0.5) is 4.79 Å². The van der Waals surface area contributed by atoms with Gasteiger partial charge in [0, 0.05) is 0 Å². The third-order valence-corrected chi connectivity index (χ3v) is 4.01. The molecule has 2 unspecified atom stereocenters. The number of carboxylic acids is 1. The van der Waals surface area contributed by atoms with Crippen LogP contribution in [0, 0.1) is 5.92 Å². The number of hydrogen-bond donors (Lipinski definition) is 2. The summed E-state index contributed by atoms with van der Waals surface area (Å²) < 4.78 is 0. The van der Waals surface area contributed by atoms with Gasteiger partial charge in [0.2, 0.25) is 0 Å². The number of rotatable bonds is 4. The van der Waals surface area contributed by atoms with E-state index >= 15 is 0 Å². The summed E-state index contributed by atoms with van der Waals surface area (Å²) >= 11 is 0. The molecule has 6 nitrogen and oxygen atoms in total. The number of carbonyl (C=O) groups is 3. The molecule has 2 rings (SSSR count). The Labute approximate surface area is 122 Å². The van der Waals surface area contributed by atoms with Crippen LogP contribution in [0.15, 0.2) is 30.3 Å². The van der Waals surface area contributed by atoms with E-state index in [0.717, 1.165) is 4.90 Å². The van der Waals surface area contributed by atoms with E-state index in [1.165, 1.54) is 0 Å². The Hall–Kier alpha value is -2.37. The molecule has 1 aromatic carbocycles. The molecule has 0 aliphatic carbocycles. The third kappa shape index (κ3) is 2.37. The zero-order chi connectivity index (χ0) is 15.8. The SMILES string of the molecule is CC(C)C1(C)NC(=O)N(C(C(=O)O)c2ccccc2)C1=O. The molecular formula is C15H18N2O4. The van der Waals surface area contributed by atoms with Gasteiger partial charge in [-0.2, -0.15) is 0 Å². The number of amides is 3. The summed E-state index contributed by atoms with van der Waals surface area (Å²) in [5.74, 6) is -1.90. The fraction of sp³-hybridized carbons (Fsp3) is 0.400. The Balaban J connectivity index is 2.45. The van der Waals surface area contributed by atoms with Gasteiger partial charge < -0.3 is 10.4 Å². The van der Waals surface area contributed by atoms with E-state index in [2.05, 4.69) is 5.32 Å². The fourth-order valence-corrected chi connectivity index (χ4v) is 2.34. The first kappa shape index (κ1) is 15.0. The van der Waals surface area contributed by atoms with Gasteiger partial charge in [0.25, 0.3) is 5.91 Å². The third-order valence-electron chi connectivity index (χ3n) is 4.01. The smallest absolute Gasteiger partial charge is 0.331 e. The normalized spacial score (nSPS) is 23.3. The number of carbonyl (C=O) groups excluding carboxylic acids is 2. The summed E-state index contributed by atoms with van der Waals surface area (Å²) in [4.78, 5) is 37.1. The lowest BCUT2D eigenvalue weighted by atomic mass is 9.88. The van der Waals surface area contributed by atoms with E-state index in [0.29, 0.717) is 5.56 Å². The van der Waals surface area contributed by atoms with Gasteiger partial charge in [-0.3, -0.25) is 4.79 Å². The van der Waals surface area contributed by atoms with Crippen LogP contribution in [-0.4, -0.2) is 33.5 Å². The highest BCUT2D eigenvalue weighted by atomic mass is 16.4. The summed E-state index contributed by atoms with van der Waals surface area (Å²) in [6, 6.07) is 6.27. The van der Waals surface area contributed by atoms with Crippen LogP contribution in [0.3, 0.4) is 0 Å². The highest BCUT2D eigenvalue weighted by Crippen LogP contribution is 2.32. The van der Waals surface area contributed by atoms with E-state index < -0.39 is 29.5 Å². The molecule has 1 aromatic rings. The zero-order valence-corrected chi connectivity index (χ0v) is 12.2. The van der Waals surface area contributed by atoms with Crippen molar-refractivity contribution < 1.29 is 19.5 Å². The lowest BCUT2D eigenvalue weighted by Crippen LogP contribution is -2.49. The first-order valence-corrected chi connectivity index (χ1v) is 6.72. The van der Waals surface area contributed by atoms with E-state index in [1.807, 2.05) is 0 Å². The van der Waals surface area contributed by atoms with Crippen molar-refractivity contribution in [2.75, 3.05) is 0 Å². The number of aliphatic carboxylic acids is 1. The molecule has 1 fully saturated rings. The topological polar surface area (TPSA) is 86.7 Å². The van der Waals surface area contributed by atoms with Gasteiger partial charge in [-0.15, -0.1) is 0 Å². The minimum absolute atomic E-state index is 0.149. The van der Waals surface area contributed by atoms with Crippen molar-refractivity contribution in [2.24, 2.45) is 5.92 Å². The van der Waals surface area contributed by atoms with Crippen molar-refractivity contribution in [1.29, 1.82) is 0 Å². The van der Waals surface area contributed by atoms with E-state index in [4.69, 9.17) is 0 Å². The second kappa shape index (κ2) is 5.20. The number of hydrogen-bond acceptors (Lipinski definition) is 3. The second-order valence-electron chi connectivity index (χ2n) is 5.61. The van der Waals surface area contributed by atoms with E-state index in [1.54, 1.807) is 51.1 Å². The molecule has 2 atom stereocenters. The average Bonchev–Trinajstić information content (AvgIpc) is 2.65. The van der Waals surface area contributed by atoms with Crippen molar-refractivity contribution in [3.8, 4) is 0 Å². The number of nitrogens with zero attached hydrogens (tertiary/aromatic N) is 1. The molecule has 2 N–H and O–H groups in total. The summed E-state index contributed by atoms with van der Waals surface area (Å²) in [5.41, 5.74) is -0.693. The van der Waals surface area contributed by atoms with Crippen molar-refractivity contribution in [3.05, 3.63) is 35.9 Å². The molecule has 1 aliphatic rings. The molecule has 0 spiro atoms. The minimum atomic E-state index is -1.32.